The molecule has 0 aromatic heterocycles. The minimum Gasteiger partial charge on any atom is -0.482 e. The van der Waals surface area contributed by atoms with Crippen molar-refractivity contribution in [1.29, 1.82) is 0 Å². The smallest absolute Gasteiger partial charge is 0.265 e. The zero-order valence-electron chi connectivity index (χ0n) is 10.3. The summed E-state index contributed by atoms with van der Waals surface area (Å²) in [5.74, 6) is 0.528. The molecule has 0 aliphatic carbocycles. The van der Waals surface area contributed by atoms with Gasteiger partial charge < -0.3 is 15.0 Å². The lowest BCUT2D eigenvalue weighted by atomic mass is 10.2. The van der Waals surface area contributed by atoms with Crippen molar-refractivity contribution in [2.45, 2.75) is 13.3 Å². The van der Waals surface area contributed by atoms with Crippen molar-refractivity contribution >= 4 is 17.5 Å². The normalized spacial score (nSPS) is 13.8. The highest BCUT2D eigenvalue weighted by atomic mass is 16.5. The van der Waals surface area contributed by atoms with Gasteiger partial charge >= 0.3 is 0 Å². The molecule has 2 amide bonds. The van der Waals surface area contributed by atoms with Gasteiger partial charge in [0.2, 0.25) is 5.91 Å². The second-order valence-corrected chi connectivity index (χ2v) is 4.01. The van der Waals surface area contributed by atoms with E-state index < -0.39 is 0 Å². The first-order chi connectivity index (χ1) is 8.72. The quantitative estimate of drug-likeness (QED) is 0.862. The maximum atomic E-state index is 11.8. The lowest BCUT2D eigenvalue weighted by Gasteiger charge is -2.29. The molecular weight excluding hydrogens is 232 g/mol. The Hall–Kier alpha value is -2.04. The van der Waals surface area contributed by atoms with Crippen molar-refractivity contribution in [1.82, 2.24) is 5.32 Å². The van der Waals surface area contributed by atoms with Crippen LogP contribution in [-0.2, 0) is 9.59 Å². The van der Waals surface area contributed by atoms with E-state index in [0.717, 1.165) is 5.69 Å². The Morgan fingerprint density at radius 1 is 1.44 bits per heavy atom. The number of ether oxygens (including phenoxy) is 1. The fraction of sp³-hybridized carbons (Fsp3) is 0.385. The number of amides is 2. The summed E-state index contributed by atoms with van der Waals surface area (Å²) in [6.45, 7) is 2.89. The number of hydrogen-bond acceptors (Lipinski definition) is 3. The molecule has 5 nitrogen and oxygen atoms in total. The second kappa shape index (κ2) is 5.53. The van der Waals surface area contributed by atoms with Gasteiger partial charge in [0.15, 0.2) is 6.61 Å². The van der Waals surface area contributed by atoms with Gasteiger partial charge in [0.1, 0.15) is 5.75 Å². The topological polar surface area (TPSA) is 58.6 Å². The first kappa shape index (κ1) is 12.4. The number of nitrogens with zero attached hydrogens (tertiary/aromatic N) is 1. The summed E-state index contributed by atoms with van der Waals surface area (Å²) in [5, 5.41) is 2.72. The van der Waals surface area contributed by atoms with E-state index in [-0.39, 0.29) is 18.4 Å². The second-order valence-electron chi connectivity index (χ2n) is 4.01. The van der Waals surface area contributed by atoms with Gasteiger partial charge in [-0.2, -0.15) is 0 Å². The number of carbonyl (C=O) groups is 2. The molecule has 0 saturated carbocycles. The molecule has 18 heavy (non-hydrogen) atoms. The fourth-order valence-corrected chi connectivity index (χ4v) is 1.90. The molecule has 1 aromatic carbocycles. The van der Waals surface area contributed by atoms with Crippen LogP contribution in [0.3, 0.4) is 0 Å². The third kappa shape index (κ3) is 2.61. The number of anilines is 1. The van der Waals surface area contributed by atoms with Crippen LogP contribution in [0.4, 0.5) is 5.69 Å². The zero-order chi connectivity index (χ0) is 13.0. The van der Waals surface area contributed by atoms with E-state index >= 15 is 0 Å². The molecule has 1 aliphatic heterocycles. The van der Waals surface area contributed by atoms with Gasteiger partial charge in [-0.1, -0.05) is 12.1 Å². The van der Waals surface area contributed by atoms with Gasteiger partial charge in [0, 0.05) is 19.5 Å². The number of carbonyl (C=O) groups excluding carboxylic acids is 2. The number of benzene rings is 1. The predicted molar refractivity (Wildman–Crippen MR) is 67.6 cm³/mol. The first-order valence-corrected chi connectivity index (χ1v) is 6.01. The van der Waals surface area contributed by atoms with E-state index in [1.807, 2.05) is 31.2 Å². The van der Waals surface area contributed by atoms with Crippen LogP contribution < -0.4 is 15.0 Å². The molecule has 0 bridgehead atoms. The monoisotopic (exact) mass is 248 g/mol. The average Bonchev–Trinajstić information content (AvgIpc) is 2.38. The fourth-order valence-electron chi connectivity index (χ4n) is 1.90. The van der Waals surface area contributed by atoms with Crippen LogP contribution in [0.5, 0.6) is 5.75 Å². The molecular formula is C13H16N2O3. The first-order valence-electron chi connectivity index (χ1n) is 6.01. The molecule has 0 fully saturated rings. The van der Waals surface area contributed by atoms with Crippen molar-refractivity contribution in [3.05, 3.63) is 24.3 Å². The lowest BCUT2D eigenvalue weighted by molar-refractivity contribution is -0.122. The third-order valence-corrected chi connectivity index (χ3v) is 2.74. The van der Waals surface area contributed by atoms with Gasteiger partial charge in [0.25, 0.3) is 5.91 Å². The summed E-state index contributed by atoms with van der Waals surface area (Å²) in [5.41, 5.74) is 0.734. The van der Waals surface area contributed by atoms with Gasteiger partial charge in [-0.3, -0.25) is 9.59 Å². The Labute approximate surface area is 106 Å². The molecule has 0 spiro atoms. The molecule has 1 N–H and O–H groups in total. The van der Waals surface area contributed by atoms with Crippen LogP contribution in [0.25, 0.3) is 0 Å². The van der Waals surface area contributed by atoms with E-state index in [2.05, 4.69) is 5.32 Å². The van der Waals surface area contributed by atoms with Crippen LogP contribution in [0.2, 0.25) is 0 Å². The van der Waals surface area contributed by atoms with Gasteiger partial charge in [-0.05, 0) is 19.1 Å². The highest BCUT2D eigenvalue weighted by Crippen LogP contribution is 2.31. The Morgan fingerprint density at radius 2 is 2.22 bits per heavy atom. The Morgan fingerprint density at radius 3 is 3.00 bits per heavy atom. The summed E-state index contributed by atoms with van der Waals surface area (Å²) in [6, 6.07) is 7.35. The average molecular weight is 248 g/mol. The van der Waals surface area contributed by atoms with Crippen molar-refractivity contribution in [2.24, 2.45) is 0 Å². The van der Waals surface area contributed by atoms with E-state index in [9.17, 15) is 9.59 Å². The maximum Gasteiger partial charge on any atom is 0.265 e. The van der Waals surface area contributed by atoms with Crippen LogP contribution in [0.1, 0.15) is 13.3 Å². The van der Waals surface area contributed by atoms with Gasteiger partial charge in [-0.25, -0.2) is 0 Å². The number of hydrogen-bond donors (Lipinski definition) is 1. The van der Waals surface area contributed by atoms with E-state index in [0.29, 0.717) is 25.3 Å². The minimum absolute atomic E-state index is 0.0341. The molecule has 0 unspecified atom stereocenters. The molecule has 96 valence electrons. The Bertz CT molecular complexity index is 459. The zero-order valence-corrected chi connectivity index (χ0v) is 10.3. The van der Waals surface area contributed by atoms with Crippen LogP contribution in [0, 0.1) is 0 Å². The summed E-state index contributed by atoms with van der Waals surface area (Å²) in [4.78, 5) is 24.8. The molecule has 0 radical (unpaired) electrons. The molecule has 1 aromatic rings. The van der Waals surface area contributed by atoms with Crippen molar-refractivity contribution in [3.63, 3.8) is 0 Å². The number of rotatable bonds is 4. The minimum atomic E-state index is -0.113. The third-order valence-electron chi connectivity index (χ3n) is 2.74. The number of fused-ring (bicyclic) bond motifs is 1. The summed E-state index contributed by atoms with van der Waals surface area (Å²) in [6.07, 6.45) is 0.300. The van der Waals surface area contributed by atoms with Gasteiger partial charge in [-0.15, -0.1) is 0 Å². The lowest BCUT2D eigenvalue weighted by Crippen LogP contribution is -2.41. The molecule has 1 heterocycles. The van der Waals surface area contributed by atoms with Crippen molar-refractivity contribution in [3.8, 4) is 5.75 Å². The number of para-hydroxylation sites is 2. The largest absolute Gasteiger partial charge is 0.482 e. The highest BCUT2D eigenvalue weighted by molar-refractivity contribution is 5.98. The van der Waals surface area contributed by atoms with E-state index in [1.165, 1.54) is 0 Å². The molecule has 0 saturated heterocycles. The van der Waals surface area contributed by atoms with E-state index in [1.54, 1.807) is 4.90 Å². The summed E-state index contributed by atoms with van der Waals surface area (Å²) >= 11 is 0. The molecule has 2 rings (SSSR count). The standard InChI is InChI=1S/C13H16N2O3/c1-2-14-12(16)7-8-15-10-5-3-4-6-11(10)18-9-13(15)17/h3-6H,2,7-9H2,1H3,(H,14,16). The van der Waals surface area contributed by atoms with E-state index in [4.69, 9.17) is 4.74 Å². The van der Waals surface area contributed by atoms with Gasteiger partial charge in [0.05, 0.1) is 5.69 Å². The SMILES string of the molecule is CCNC(=O)CCN1C(=O)COc2ccccc21. The molecule has 0 atom stereocenters. The van der Waals surface area contributed by atoms with Crippen LogP contribution in [0.15, 0.2) is 24.3 Å². The molecule has 1 aliphatic rings. The maximum absolute atomic E-state index is 11.8. The highest BCUT2D eigenvalue weighted by Gasteiger charge is 2.25. The summed E-state index contributed by atoms with van der Waals surface area (Å²) in [7, 11) is 0. The Kier molecular flexibility index (Phi) is 3.82. The summed E-state index contributed by atoms with van der Waals surface area (Å²) < 4.78 is 5.33. The predicted octanol–water partition coefficient (Wildman–Crippen LogP) is 0.938. The molecule has 5 heteroatoms. The van der Waals surface area contributed by atoms with Crippen LogP contribution in [-0.4, -0.2) is 31.5 Å². The Balaban J connectivity index is 2.07. The van der Waals surface area contributed by atoms with Crippen molar-refractivity contribution < 1.29 is 14.3 Å². The number of nitrogens with one attached hydrogen (secondary N) is 1. The van der Waals surface area contributed by atoms with Crippen LogP contribution >= 0.6 is 0 Å². The van der Waals surface area contributed by atoms with Crippen molar-refractivity contribution in [2.75, 3.05) is 24.6 Å².